The van der Waals surface area contributed by atoms with Crippen LogP contribution in [0.2, 0.25) is 0 Å². The SMILES string of the molecule is Cc1cnc(C2CC(O)(c3ccc(C(F)(F)F)cc3)CC(C)N2)o1. The second kappa shape index (κ2) is 5.89. The van der Waals surface area contributed by atoms with Crippen molar-refractivity contribution < 1.29 is 22.7 Å². The number of piperidine rings is 1. The molecule has 1 aliphatic heterocycles. The highest BCUT2D eigenvalue weighted by molar-refractivity contribution is 5.30. The predicted octanol–water partition coefficient (Wildman–Crippen LogP) is 3.70. The van der Waals surface area contributed by atoms with Crippen LogP contribution < -0.4 is 5.32 Å². The maximum absolute atomic E-state index is 12.7. The van der Waals surface area contributed by atoms with Crippen molar-refractivity contribution in [3.05, 3.63) is 53.2 Å². The molecule has 24 heavy (non-hydrogen) atoms. The molecule has 0 aliphatic carbocycles. The molecule has 1 fully saturated rings. The fourth-order valence-corrected chi connectivity index (χ4v) is 3.29. The normalized spacial score (nSPS) is 28.1. The summed E-state index contributed by atoms with van der Waals surface area (Å²) in [5.74, 6) is 1.15. The van der Waals surface area contributed by atoms with E-state index in [1.807, 2.05) is 6.92 Å². The summed E-state index contributed by atoms with van der Waals surface area (Å²) in [5.41, 5.74) is -1.49. The van der Waals surface area contributed by atoms with E-state index < -0.39 is 17.3 Å². The summed E-state index contributed by atoms with van der Waals surface area (Å²) in [6.45, 7) is 3.70. The Labute approximate surface area is 137 Å². The van der Waals surface area contributed by atoms with Gasteiger partial charge in [-0.05, 0) is 38.0 Å². The molecule has 0 saturated carbocycles. The lowest BCUT2D eigenvalue weighted by Gasteiger charge is -2.40. The Morgan fingerprint density at radius 1 is 1.25 bits per heavy atom. The average Bonchev–Trinajstić information content (AvgIpc) is 2.92. The van der Waals surface area contributed by atoms with Gasteiger partial charge >= 0.3 is 6.18 Å². The lowest BCUT2D eigenvalue weighted by molar-refractivity contribution is -0.137. The molecule has 130 valence electrons. The quantitative estimate of drug-likeness (QED) is 0.875. The van der Waals surface area contributed by atoms with Crippen LogP contribution >= 0.6 is 0 Å². The van der Waals surface area contributed by atoms with Crippen molar-refractivity contribution in [3.8, 4) is 0 Å². The van der Waals surface area contributed by atoms with Gasteiger partial charge in [-0.25, -0.2) is 4.98 Å². The number of nitrogens with one attached hydrogen (secondary N) is 1. The van der Waals surface area contributed by atoms with Crippen molar-refractivity contribution in [3.63, 3.8) is 0 Å². The molecule has 3 rings (SSSR count). The molecular formula is C17H19F3N2O2. The van der Waals surface area contributed by atoms with Crippen LogP contribution in [0.25, 0.3) is 0 Å². The second-order valence-corrected chi connectivity index (χ2v) is 6.44. The number of hydrogen-bond donors (Lipinski definition) is 2. The van der Waals surface area contributed by atoms with Gasteiger partial charge < -0.3 is 14.8 Å². The van der Waals surface area contributed by atoms with E-state index in [1.54, 1.807) is 13.1 Å². The molecule has 2 aromatic rings. The van der Waals surface area contributed by atoms with Crippen molar-refractivity contribution >= 4 is 0 Å². The van der Waals surface area contributed by atoms with Crippen molar-refractivity contribution in [1.82, 2.24) is 10.3 Å². The first-order chi connectivity index (χ1) is 11.2. The van der Waals surface area contributed by atoms with Crippen molar-refractivity contribution in [1.29, 1.82) is 0 Å². The highest BCUT2D eigenvalue weighted by Crippen LogP contribution is 2.40. The maximum atomic E-state index is 12.7. The third-order valence-electron chi connectivity index (χ3n) is 4.36. The van der Waals surface area contributed by atoms with E-state index in [4.69, 9.17) is 4.42 Å². The summed E-state index contributed by atoms with van der Waals surface area (Å²) >= 11 is 0. The second-order valence-electron chi connectivity index (χ2n) is 6.44. The number of rotatable bonds is 2. The van der Waals surface area contributed by atoms with Gasteiger partial charge in [0.05, 0.1) is 23.4 Å². The Morgan fingerprint density at radius 3 is 2.46 bits per heavy atom. The van der Waals surface area contributed by atoms with E-state index in [-0.39, 0.29) is 18.5 Å². The molecular weight excluding hydrogens is 321 g/mol. The Balaban J connectivity index is 1.87. The smallest absolute Gasteiger partial charge is 0.416 e. The topological polar surface area (TPSA) is 58.3 Å². The molecule has 0 radical (unpaired) electrons. The fourth-order valence-electron chi connectivity index (χ4n) is 3.29. The van der Waals surface area contributed by atoms with Crippen LogP contribution in [0.4, 0.5) is 13.2 Å². The minimum atomic E-state index is -4.39. The number of aromatic nitrogens is 1. The minimum absolute atomic E-state index is 0.0387. The zero-order chi connectivity index (χ0) is 17.5. The van der Waals surface area contributed by atoms with Crippen LogP contribution in [-0.2, 0) is 11.8 Å². The maximum Gasteiger partial charge on any atom is 0.416 e. The number of hydrogen-bond acceptors (Lipinski definition) is 4. The largest absolute Gasteiger partial charge is 0.444 e. The summed E-state index contributed by atoms with van der Waals surface area (Å²) < 4.78 is 43.7. The molecule has 1 aromatic heterocycles. The number of aryl methyl sites for hydroxylation is 1. The monoisotopic (exact) mass is 340 g/mol. The Kier molecular flexibility index (Phi) is 4.17. The molecule has 2 heterocycles. The molecule has 1 aliphatic rings. The van der Waals surface area contributed by atoms with E-state index in [9.17, 15) is 18.3 Å². The van der Waals surface area contributed by atoms with Crippen LogP contribution in [0.3, 0.4) is 0 Å². The first-order valence-corrected chi connectivity index (χ1v) is 7.76. The van der Waals surface area contributed by atoms with Crippen LogP contribution in [0, 0.1) is 6.92 Å². The third-order valence-corrected chi connectivity index (χ3v) is 4.36. The van der Waals surface area contributed by atoms with E-state index >= 15 is 0 Å². The summed E-state index contributed by atoms with van der Waals surface area (Å²) in [5, 5.41) is 14.4. The molecule has 1 saturated heterocycles. The number of aliphatic hydroxyl groups is 1. The van der Waals surface area contributed by atoms with Crippen LogP contribution in [-0.4, -0.2) is 16.1 Å². The molecule has 7 heteroatoms. The van der Waals surface area contributed by atoms with Crippen LogP contribution in [0.5, 0.6) is 0 Å². The van der Waals surface area contributed by atoms with E-state index in [1.165, 1.54) is 12.1 Å². The zero-order valence-corrected chi connectivity index (χ0v) is 13.4. The van der Waals surface area contributed by atoms with Crippen LogP contribution in [0.1, 0.15) is 48.6 Å². The van der Waals surface area contributed by atoms with E-state index in [2.05, 4.69) is 10.3 Å². The Hall–Kier alpha value is -1.86. The van der Waals surface area contributed by atoms with Gasteiger partial charge in [-0.1, -0.05) is 12.1 Å². The fraction of sp³-hybridized carbons (Fsp3) is 0.471. The average molecular weight is 340 g/mol. The lowest BCUT2D eigenvalue weighted by Crippen LogP contribution is -2.47. The first kappa shape index (κ1) is 17.0. The molecule has 4 nitrogen and oxygen atoms in total. The Morgan fingerprint density at radius 2 is 1.92 bits per heavy atom. The number of halogens is 3. The van der Waals surface area contributed by atoms with Gasteiger partial charge in [0.15, 0.2) is 0 Å². The highest BCUT2D eigenvalue weighted by atomic mass is 19.4. The number of oxazole rings is 1. The van der Waals surface area contributed by atoms with Crippen molar-refractivity contribution in [2.24, 2.45) is 0 Å². The van der Waals surface area contributed by atoms with Crippen LogP contribution in [0.15, 0.2) is 34.9 Å². The lowest BCUT2D eigenvalue weighted by atomic mass is 9.78. The van der Waals surface area contributed by atoms with Gasteiger partial charge in [0.2, 0.25) is 5.89 Å². The number of benzene rings is 1. The zero-order valence-electron chi connectivity index (χ0n) is 13.4. The molecule has 0 amide bonds. The summed E-state index contributed by atoms with van der Waals surface area (Å²) in [6.07, 6.45) is -2.11. The predicted molar refractivity (Wildman–Crippen MR) is 81.2 cm³/mol. The van der Waals surface area contributed by atoms with Gasteiger partial charge in [0.1, 0.15) is 5.76 Å². The van der Waals surface area contributed by atoms with Gasteiger partial charge in [-0.2, -0.15) is 13.2 Å². The van der Waals surface area contributed by atoms with Gasteiger partial charge in [-0.3, -0.25) is 0 Å². The molecule has 2 N–H and O–H groups in total. The third kappa shape index (κ3) is 3.32. The molecule has 0 spiro atoms. The molecule has 0 bridgehead atoms. The van der Waals surface area contributed by atoms with Gasteiger partial charge in [0.25, 0.3) is 0 Å². The summed E-state index contributed by atoms with van der Waals surface area (Å²) in [4.78, 5) is 4.19. The van der Waals surface area contributed by atoms with E-state index in [0.717, 1.165) is 12.1 Å². The molecule has 1 aromatic carbocycles. The van der Waals surface area contributed by atoms with Gasteiger partial charge in [-0.15, -0.1) is 0 Å². The minimum Gasteiger partial charge on any atom is -0.444 e. The van der Waals surface area contributed by atoms with Crippen molar-refractivity contribution in [2.75, 3.05) is 0 Å². The van der Waals surface area contributed by atoms with Crippen molar-refractivity contribution in [2.45, 2.75) is 50.6 Å². The highest BCUT2D eigenvalue weighted by Gasteiger charge is 2.41. The van der Waals surface area contributed by atoms with Gasteiger partial charge in [0, 0.05) is 12.5 Å². The molecule has 3 unspecified atom stereocenters. The van der Waals surface area contributed by atoms with E-state index in [0.29, 0.717) is 23.6 Å². The number of alkyl halides is 3. The first-order valence-electron chi connectivity index (χ1n) is 7.76. The number of nitrogens with zero attached hydrogens (tertiary/aromatic N) is 1. The summed E-state index contributed by atoms with van der Waals surface area (Å²) in [7, 11) is 0. The standard InChI is InChI=1S/C17H19F3N2O2/c1-10-7-16(23,8-14(22-10)15-21-9-11(2)24-15)12-3-5-13(6-4-12)17(18,19)20/h3-6,9-10,14,22-23H,7-8H2,1-2H3. The summed E-state index contributed by atoms with van der Waals surface area (Å²) in [6, 6.07) is 4.37. The Bertz CT molecular complexity index is 711. The molecule has 3 atom stereocenters.